The summed E-state index contributed by atoms with van der Waals surface area (Å²) in [5.74, 6) is -1.56. The fourth-order valence-corrected chi connectivity index (χ4v) is 1.76. The van der Waals surface area contributed by atoms with Crippen molar-refractivity contribution in [2.45, 2.75) is 6.92 Å². The molecule has 2 radical (unpaired) electrons. The Morgan fingerprint density at radius 2 is 1.93 bits per heavy atom. The van der Waals surface area contributed by atoms with Crippen LogP contribution in [0.15, 0.2) is 12.1 Å². The number of carboxylic acid groups (broad SMARTS) is 1. The predicted octanol–water partition coefficient (Wildman–Crippen LogP) is -0.414. The van der Waals surface area contributed by atoms with E-state index in [1.165, 1.54) is 12.1 Å². The Bertz CT molecular complexity index is 375. The molecule has 14 heavy (non-hydrogen) atoms. The van der Waals surface area contributed by atoms with Crippen LogP contribution in [0.3, 0.4) is 0 Å². The number of rotatable bonds is 2. The number of carbonyl (C=O) groups excluding carboxylic acids is 1. The standard InChI is InChI=1S/C9H8AsNO3/c1-4-2-6(8(11)12)7(10)3-5(4)9(13)14/h2-3H,1H3,(H2,11,12)(H,13,14). The number of aromatic carboxylic acids is 1. The van der Waals surface area contributed by atoms with E-state index in [1.54, 1.807) is 6.92 Å². The topological polar surface area (TPSA) is 80.4 Å². The molecule has 0 aliphatic rings. The van der Waals surface area contributed by atoms with Gasteiger partial charge in [0.1, 0.15) is 0 Å². The van der Waals surface area contributed by atoms with Gasteiger partial charge < -0.3 is 0 Å². The monoisotopic (exact) mass is 253 g/mol. The van der Waals surface area contributed by atoms with E-state index < -0.39 is 11.9 Å². The van der Waals surface area contributed by atoms with E-state index in [1.807, 2.05) is 0 Å². The number of aryl methyl sites for hydroxylation is 1. The van der Waals surface area contributed by atoms with Crippen LogP contribution in [-0.4, -0.2) is 33.8 Å². The maximum absolute atomic E-state index is 10.9. The van der Waals surface area contributed by atoms with E-state index in [-0.39, 0.29) is 5.56 Å². The van der Waals surface area contributed by atoms with Crippen LogP contribution in [0.1, 0.15) is 26.3 Å². The van der Waals surface area contributed by atoms with Gasteiger partial charge in [0.2, 0.25) is 0 Å². The van der Waals surface area contributed by atoms with Crippen molar-refractivity contribution in [1.29, 1.82) is 0 Å². The van der Waals surface area contributed by atoms with Gasteiger partial charge in [-0.05, 0) is 0 Å². The van der Waals surface area contributed by atoms with Gasteiger partial charge in [0, 0.05) is 0 Å². The van der Waals surface area contributed by atoms with Crippen LogP contribution < -0.4 is 10.1 Å². The third-order valence-corrected chi connectivity index (χ3v) is 2.61. The molecule has 3 N–H and O–H groups in total. The minimum absolute atomic E-state index is 0.186. The van der Waals surface area contributed by atoms with Crippen molar-refractivity contribution in [3.05, 3.63) is 28.8 Å². The summed E-state index contributed by atoms with van der Waals surface area (Å²) >= 11 is 2.13. The minimum atomic E-state index is -1.01. The molecule has 1 amide bonds. The summed E-state index contributed by atoms with van der Waals surface area (Å²) in [4.78, 5) is 21.7. The van der Waals surface area contributed by atoms with E-state index in [9.17, 15) is 9.59 Å². The first-order valence-electron chi connectivity index (χ1n) is 3.80. The van der Waals surface area contributed by atoms with E-state index >= 15 is 0 Å². The Balaban J connectivity index is 3.38. The van der Waals surface area contributed by atoms with Crippen molar-refractivity contribution in [2.75, 3.05) is 0 Å². The summed E-state index contributed by atoms with van der Waals surface area (Å²) in [7, 11) is 0. The van der Waals surface area contributed by atoms with Crippen molar-refractivity contribution in [3.8, 4) is 0 Å². The second-order valence-electron chi connectivity index (χ2n) is 2.85. The Morgan fingerprint density at radius 3 is 2.36 bits per heavy atom. The molecule has 0 bridgehead atoms. The molecule has 0 unspecified atom stereocenters. The number of carbonyl (C=O) groups is 2. The van der Waals surface area contributed by atoms with E-state index in [2.05, 4.69) is 16.9 Å². The number of carboxylic acids is 1. The quantitative estimate of drug-likeness (QED) is 0.703. The van der Waals surface area contributed by atoms with Crippen molar-refractivity contribution in [1.82, 2.24) is 0 Å². The molecule has 5 heteroatoms. The third-order valence-electron chi connectivity index (χ3n) is 1.84. The van der Waals surface area contributed by atoms with Crippen LogP contribution >= 0.6 is 0 Å². The van der Waals surface area contributed by atoms with Gasteiger partial charge in [-0.3, -0.25) is 0 Å². The van der Waals surface area contributed by atoms with Gasteiger partial charge in [-0.1, -0.05) is 0 Å². The van der Waals surface area contributed by atoms with Crippen LogP contribution in [0.25, 0.3) is 0 Å². The second-order valence-corrected chi connectivity index (χ2v) is 3.86. The first kappa shape index (κ1) is 10.8. The summed E-state index contributed by atoms with van der Waals surface area (Å²) in [6, 6.07) is 2.91. The summed E-state index contributed by atoms with van der Waals surface area (Å²) in [5.41, 5.74) is 6.17. The van der Waals surface area contributed by atoms with Crippen LogP contribution in [0.5, 0.6) is 0 Å². The number of primary amides is 1. The molecule has 0 aliphatic heterocycles. The zero-order valence-corrected chi connectivity index (χ0v) is 9.32. The molecule has 0 saturated carbocycles. The van der Waals surface area contributed by atoms with E-state index in [0.29, 0.717) is 15.5 Å². The summed E-state index contributed by atoms with van der Waals surface area (Å²) in [6.45, 7) is 1.63. The summed E-state index contributed by atoms with van der Waals surface area (Å²) in [6.07, 6.45) is 0. The van der Waals surface area contributed by atoms with Crippen molar-refractivity contribution in [2.24, 2.45) is 5.73 Å². The van der Waals surface area contributed by atoms with E-state index in [4.69, 9.17) is 10.8 Å². The average Bonchev–Trinajstić information content (AvgIpc) is 2.07. The Morgan fingerprint density at radius 1 is 1.36 bits per heavy atom. The summed E-state index contributed by atoms with van der Waals surface area (Å²) in [5, 5.41) is 8.80. The molecule has 1 aromatic rings. The van der Waals surface area contributed by atoms with Gasteiger partial charge in [0.15, 0.2) is 0 Å². The number of benzene rings is 1. The maximum atomic E-state index is 10.9. The SMILES string of the molecule is Cc1cc(C(N)=O)c([As])cc1C(=O)O. The Labute approximate surface area is 89.6 Å². The molecular weight excluding hydrogens is 245 g/mol. The fourth-order valence-electron chi connectivity index (χ4n) is 1.12. The molecular formula is C9H8AsNO3. The number of amides is 1. The Kier molecular flexibility index (Phi) is 2.96. The number of hydrogen-bond acceptors (Lipinski definition) is 2. The molecule has 0 spiro atoms. The molecule has 0 aromatic heterocycles. The molecule has 72 valence electrons. The molecule has 0 heterocycles. The number of nitrogens with two attached hydrogens (primary N) is 1. The predicted molar refractivity (Wildman–Crippen MR) is 52.0 cm³/mol. The van der Waals surface area contributed by atoms with Crippen LogP contribution in [0, 0.1) is 6.92 Å². The molecule has 0 atom stereocenters. The first-order chi connectivity index (χ1) is 6.43. The van der Waals surface area contributed by atoms with Crippen molar-refractivity contribution >= 4 is 33.1 Å². The van der Waals surface area contributed by atoms with Crippen LogP contribution in [0.2, 0.25) is 0 Å². The average molecular weight is 253 g/mol. The van der Waals surface area contributed by atoms with Gasteiger partial charge in [-0.25, -0.2) is 0 Å². The van der Waals surface area contributed by atoms with E-state index in [0.717, 1.165) is 0 Å². The van der Waals surface area contributed by atoms with Gasteiger partial charge in [0.25, 0.3) is 0 Å². The molecule has 0 fully saturated rings. The molecule has 0 saturated heterocycles. The molecule has 1 rings (SSSR count). The normalized spacial score (nSPS) is 9.86. The van der Waals surface area contributed by atoms with Gasteiger partial charge >= 0.3 is 89.3 Å². The molecule has 0 aliphatic carbocycles. The van der Waals surface area contributed by atoms with Crippen LogP contribution in [-0.2, 0) is 0 Å². The van der Waals surface area contributed by atoms with Crippen molar-refractivity contribution in [3.63, 3.8) is 0 Å². The Hall–Kier alpha value is -1.28. The zero-order valence-electron chi connectivity index (χ0n) is 7.44. The summed E-state index contributed by atoms with van der Waals surface area (Å²) < 4.78 is 0.521. The van der Waals surface area contributed by atoms with Gasteiger partial charge in [0.05, 0.1) is 0 Å². The van der Waals surface area contributed by atoms with Gasteiger partial charge in [-0.15, -0.1) is 0 Å². The fraction of sp³-hybridized carbons (Fsp3) is 0.111. The molecule has 1 aromatic carbocycles. The number of hydrogen-bond donors (Lipinski definition) is 2. The third kappa shape index (κ3) is 1.96. The second kappa shape index (κ2) is 3.84. The first-order valence-corrected chi connectivity index (χ1v) is 4.74. The zero-order chi connectivity index (χ0) is 10.9. The molecule has 4 nitrogen and oxygen atoms in total. The van der Waals surface area contributed by atoms with Crippen molar-refractivity contribution < 1.29 is 14.7 Å². The van der Waals surface area contributed by atoms with Crippen LogP contribution in [0.4, 0.5) is 0 Å². The van der Waals surface area contributed by atoms with Gasteiger partial charge in [-0.2, -0.15) is 0 Å².